The van der Waals surface area contributed by atoms with Gasteiger partial charge in [0.2, 0.25) is 0 Å². The molecule has 3 aromatic rings. The summed E-state index contributed by atoms with van der Waals surface area (Å²) in [7, 11) is -2.06. The molecule has 0 aliphatic heterocycles. The largest absolute Gasteiger partial charge is 0.416 e. The number of unbranched alkanes of at least 4 members (excludes halogenated alkanes) is 1. The third kappa shape index (κ3) is 6.62. The van der Waals surface area contributed by atoms with E-state index in [-0.39, 0.29) is 33.8 Å². The average molecular weight is 616 g/mol. The minimum Gasteiger partial charge on any atom is -0.257 e. The minimum absolute atomic E-state index is 0.0463. The highest BCUT2D eigenvalue weighted by Gasteiger charge is 2.48. The lowest BCUT2D eigenvalue weighted by Gasteiger charge is -2.48. The van der Waals surface area contributed by atoms with Gasteiger partial charge in [-0.15, -0.1) is 0 Å². The van der Waals surface area contributed by atoms with Crippen LogP contribution in [0.2, 0.25) is 18.1 Å². The summed E-state index contributed by atoms with van der Waals surface area (Å²) in [5.41, 5.74) is 4.17. The second-order valence-electron chi connectivity index (χ2n) is 14.2. The van der Waals surface area contributed by atoms with Crippen molar-refractivity contribution in [3.63, 3.8) is 0 Å². The Balaban J connectivity index is 2.11. The number of alkyl halides is 4. The number of hydrogen-bond acceptors (Lipinski definition) is 1. The van der Waals surface area contributed by atoms with E-state index in [1.807, 2.05) is 13.8 Å². The maximum atomic E-state index is 17.1. The Bertz CT molecular complexity index is 1400. The Hall–Kier alpha value is -2.54. The molecule has 1 aliphatic rings. The van der Waals surface area contributed by atoms with Gasteiger partial charge in [0.25, 0.3) is 0 Å². The molecule has 0 radical (unpaired) electrons. The Kier molecular flexibility index (Phi) is 9.66. The molecule has 0 bridgehead atoms. The molecule has 0 saturated carbocycles. The Morgan fingerprint density at radius 1 is 0.930 bits per heavy atom. The van der Waals surface area contributed by atoms with Gasteiger partial charge in [-0.1, -0.05) is 91.7 Å². The lowest BCUT2D eigenvalue weighted by molar-refractivity contribution is -0.137. The molecule has 234 valence electrons. The highest BCUT2D eigenvalue weighted by atomic mass is 28.3. The molecule has 43 heavy (non-hydrogen) atoms. The van der Waals surface area contributed by atoms with Gasteiger partial charge in [0.1, 0.15) is 5.82 Å². The number of fused-ring (bicyclic) bond motifs is 1. The maximum Gasteiger partial charge on any atom is 0.416 e. The first-order valence-electron chi connectivity index (χ1n) is 15.6. The van der Waals surface area contributed by atoms with Crippen molar-refractivity contribution in [2.75, 3.05) is 0 Å². The predicted octanol–water partition coefficient (Wildman–Crippen LogP) is 12.3. The number of benzene rings is 2. The van der Waals surface area contributed by atoms with Crippen LogP contribution in [0.4, 0.5) is 22.0 Å². The van der Waals surface area contributed by atoms with Crippen LogP contribution in [-0.4, -0.2) is 13.1 Å². The van der Waals surface area contributed by atoms with Crippen molar-refractivity contribution in [1.82, 2.24) is 4.98 Å². The van der Waals surface area contributed by atoms with Crippen molar-refractivity contribution < 1.29 is 22.0 Å². The third-order valence-electron chi connectivity index (χ3n) is 10.0. The molecule has 1 nitrogen and oxygen atoms in total. The lowest BCUT2D eigenvalue weighted by atomic mass is 9.76. The fraction of sp³-hybridized carbons (Fsp3) is 0.528. The SMILES string of the molecule is CCCCC1CCC([Si](C)(C)C(C)(C)C)c2c1nc(C(C)C)c(C(F)c1ccc(C(F)(F)F)cc1)c2-c1ccc(F)cc1. The van der Waals surface area contributed by atoms with E-state index in [0.29, 0.717) is 11.3 Å². The van der Waals surface area contributed by atoms with Crippen molar-refractivity contribution in [3.8, 4) is 11.1 Å². The van der Waals surface area contributed by atoms with Gasteiger partial charge in [0.15, 0.2) is 6.17 Å². The fourth-order valence-electron chi connectivity index (χ4n) is 6.57. The zero-order chi connectivity index (χ0) is 31.9. The van der Waals surface area contributed by atoms with Crippen molar-refractivity contribution in [2.45, 2.75) is 122 Å². The molecule has 0 spiro atoms. The zero-order valence-corrected chi connectivity index (χ0v) is 27.8. The highest BCUT2D eigenvalue weighted by Crippen LogP contribution is 2.56. The summed E-state index contributed by atoms with van der Waals surface area (Å²) in [5.74, 6) is -0.267. The standard InChI is InChI=1S/C36H46F5NSi/c1-9-10-11-25-16-21-28(43(7,8)35(4,5)6)30-29(23-14-19-27(37)20-15-23)31(33(22(2)3)42-34(25)30)32(38)24-12-17-26(18-13-24)36(39,40)41/h12-15,17-20,22,25,28,32H,9-11,16,21H2,1-8H3. The minimum atomic E-state index is -4.51. The molecule has 0 saturated heterocycles. The van der Waals surface area contributed by atoms with E-state index in [4.69, 9.17) is 4.98 Å². The van der Waals surface area contributed by atoms with Crippen LogP contribution in [0.25, 0.3) is 11.1 Å². The number of aromatic nitrogens is 1. The average Bonchev–Trinajstić information content (AvgIpc) is 2.93. The molecule has 1 aromatic heterocycles. The van der Waals surface area contributed by atoms with E-state index >= 15 is 4.39 Å². The van der Waals surface area contributed by atoms with Crippen molar-refractivity contribution in [1.29, 1.82) is 0 Å². The molecule has 7 heteroatoms. The maximum absolute atomic E-state index is 17.1. The highest BCUT2D eigenvalue weighted by molar-refractivity contribution is 6.81. The summed E-state index contributed by atoms with van der Waals surface area (Å²) in [6, 6.07) is 10.6. The number of pyridine rings is 1. The topological polar surface area (TPSA) is 12.9 Å². The van der Waals surface area contributed by atoms with Crippen molar-refractivity contribution in [3.05, 3.63) is 88.0 Å². The van der Waals surface area contributed by atoms with E-state index in [0.717, 1.165) is 66.6 Å². The molecular formula is C36H46F5NSi. The van der Waals surface area contributed by atoms with Gasteiger partial charge >= 0.3 is 6.18 Å². The van der Waals surface area contributed by atoms with Gasteiger partial charge < -0.3 is 0 Å². The summed E-state index contributed by atoms with van der Waals surface area (Å²) < 4.78 is 71.4. The predicted molar refractivity (Wildman–Crippen MR) is 170 cm³/mol. The third-order valence-corrected chi connectivity index (χ3v) is 16.2. The first-order valence-corrected chi connectivity index (χ1v) is 18.7. The summed E-state index contributed by atoms with van der Waals surface area (Å²) >= 11 is 0. The first-order chi connectivity index (χ1) is 20.0. The van der Waals surface area contributed by atoms with Crippen LogP contribution < -0.4 is 0 Å². The molecule has 0 amide bonds. The Labute approximate surface area is 255 Å². The molecule has 1 heterocycles. The van der Waals surface area contributed by atoms with Gasteiger partial charge in [-0.2, -0.15) is 13.2 Å². The van der Waals surface area contributed by atoms with Crippen LogP contribution in [0.3, 0.4) is 0 Å². The molecule has 0 N–H and O–H groups in total. The summed E-state index contributed by atoms with van der Waals surface area (Å²) in [5, 5.41) is 0.0463. The second kappa shape index (κ2) is 12.5. The van der Waals surface area contributed by atoms with Gasteiger partial charge in [-0.25, -0.2) is 8.78 Å². The monoisotopic (exact) mass is 615 g/mol. The molecule has 3 unspecified atom stereocenters. The number of nitrogens with zero attached hydrogens (tertiary/aromatic N) is 1. The van der Waals surface area contributed by atoms with Gasteiger partial charge in [0.05, 0.1) is 19.3 Å². The smallest absolute Gasteiger partial charge is 0.257 e. The van der Waals surface area contributed by atoms with Crippen molar-refractivity contribution in [2.24, 2.45) is 0 Å². The van der Waals surface area contributed by atoms with Crippen LogP contribution in [-0.2, 0) is 6.18 Å². The van der Waals surface area contributed by atoms with Gasteiger partial charge in [0, 0.05) is 17.2 Å². The van der Waals surface area contributed by atoms with E-state index in [1.54, 1.807) is 12.1 Å². The van der Waals surface area contributed by atoms with Gasteiger partial charge in [-0.3, -0.25) is 4.98 Å². The molecule has 4 rings (SSSR count). The normalized spacial score (nSPS) is 18.6. The van der Waals surface area contributed by atoms with Crippen LogP contribution in [0, 0.1) is 5.82 Å². The quantitative estimate of drug-likeness (QED) is 0.181. The Morgan fingerprint density at radius 3 is 2.05 bits per heavy atom. The number of halogens is 5. The Morgan fingerprint density at radius 2 is 1.53 bits per heavy atom. The first kappa shape index (κ1) is 33.4. The van der Waals surface area contributed by atoms with Crippen LogP contribution in [0.15, 0.2) is 48.5 Å². The fourth-order valence-corrected chi connectivity index (χ4v) is 9.52. The van der Waals surface area contributed by atoms with Crippen LogP contribution in [0.5, 0.6) is 0 Å². The van der Waals surface area contributed by atoms with Gasteiger partial charge in [-0.05, 0) is 82.3 Å². The molecular weight excluding hydrogens is 569 g/mol. The molecule has 2 aromatic carbocycles. The van der Waals surface area contributed by atoms with Crippen molar-refractivity contribution >= 4 is 8.07 Å². The molecule has 3 atom stereocenters. The summed E-state index contributed by atoms with van der Waals surface area (Å²) in [6.45, 7) is 17.8. The summed E-state index contributed by atoms with van der Waals surface area (Å²) in [6.07, 6.45) is -1.08. The van der Waals surface area contributed by atoms with E-state index in [9.17, 15) is 17.6 Å². The van der Waals surface area contributed by atoms with E-state index < -0.39 is 26.0 Å². The lowest BCUT2D eigenvalue weighted by Crippen LogP contribution is -2.46. The van der Waals surface area contributed by atoms with E-state index in [2.05, 4.69) is 40.8 Å². The number of hydrogen-bond donors (Lipinski definition) is 0. The molecule has 0 fully saturated rings. The van der Waals surface area contributed by atoms with E-state index in [1.165, 1.54) is 24.3 Å². The summed E-state index contributed by atoms with van der Waals surface area (Å²) in [4.78, 5) is 5.33. The molecule has 1 aliphatic carbocycles. The number of rotatable bonds is 8. The second-order valence-corrected chi connectivity index (χ2v) is 19.8. The van der Waals surface area contributed by atoms with Crippen LogP contribution in [0.1, 0.15) is 131 Å². The zero-order valence-electron chi connectivity index (χ0n) is 26.8. The van der Waals surface area contributed by atoms with Crippen LogP contribution >= 0.6 is 0 Å².